The second kappa shape index (κ2) is 10.2. The van der Waals surface area contributed by atoms with E-state index in [1.165, 1.54) is 32.1 Å². The minimum atomic E-state index is 0.997. The van der Waals surface area contributed by atoms with Gasteiger partial charge in [0.25, 0.3) is 0 Å². The van der Waals surface area contributed by atoms with E-state index in [4.69, 9.17) is 0 Å². The molecule has 0 radical (unpaired) electrons. The Morgan fingerprint density at radius 3 is 2.00 bits per heavy atom. The molecule has 0 aliphatic rings. The van der Waals surface area contributed by atoms with Gasteiger partial charge in [-0.25, -0.2) is 0 Å². The maximum Gasteiger partial charge on any atom is 0.0692 e. The topological polar surface area (TPSA) is 30.7 Å². The lowest BCUT2D eigenvalue weighted by atomic mass is 10.3. The predicted molar refractivity (Wildman–Crippen MR) is 60.1 cm³/mol. The van der Waals surface area contributed by atoms with Gasteiger partial charge in [-0.3, -0.25) is 4.68 Å². The minimum absolute atomic E-state index is 0.997. The van der Waals surface area contributed by atoms with Crippen molar-refractivity contribution in [2.45, 2.75) is 59.4 Å². The number of aryl methyl sites for hydroxylation is 1. The summed E-state index contributed by atoms with van der Waals surface area (Å²) in [6.07, 6.45) is 10.1. The van der Waals surface area contributed by atoms with Crippen molar-refractivity contribution < 1.29 is 0 Å². The van der Waals surface area contributed by atoms with E-state index in [1.54, 1.807) is 6.20 Å². The van der Waals surface area contributed by atoms with Gasteiger partial charge in [-0.05, 0) is 6.42 Å². The van der Waals surface area contributed by atoms with Gasteiger partial charge in [-0.1, -0.05) is 51.7 Å². The van der Waals surface area contributed by atoms with E-state index in [9.17, 15) is 0 Å². The maximum atomic E-state index is 3.82. The summed E-state index contributed by atoms with van der Waals surface area (Å²) in [7, 11) is 0. The molecule has 0 saturated carbocycles. The zero-order valence-corrected chi connectivity index (χ0v) is 9.74. The van der Waals surface area contributed by atoms with Gasteiger partial charge in [0.05, 0.1) is 6.20 Å². The summed E-state index contributed by atoms with van der Waals surface area (Å²) in [5.41, 5.74) is 0. The van der Waals surface area contributed by atoms with Crippen LogP contribution in [0, 0.1) is 0 Å². The van der Waals surface area contributed by atoms with E-state index < -0.39 is 0 Å². The predicted octanol–water partition coefficient (Wildman–Crippen LogP) is 3.27. The third-order valence-corrected chi connectivity index (χ3v) is 1.92. The molecule has 0 aliphatic heterocycles. The first kappa shape index (κ1) is 13.1. The van der Waals surface area contributed by atoms with Gasteiger partial charge in [0.15, 0.2) is 0 Å². The van der Waals surface area contributed by atoms with E-state index >= 15 is 0 Å². The molecule has 1 aromatic rings. The van der Waals surface area contributed by atoms with E-state index in [0.29, 0.717) is 0 Å². The van der Waals surface area contributed by atoms with Crippen LogP contribution in [-0.4, -0.2) is 15.0 Å². The standard InChI is InChI=1S/C6H11N3.C5H12/c1-2-3-5-9-6-4-7-8-9;1-3-5-4-2/h4,6H,2-3,5H2,1H3;3-5H2,1-2H3. The molecule has 0 amide bonds. The molecule has 82 valence electrons. The Morgan fingerprint density at radius 2 is 1.64 bits per heavy atom. The lowest BCUT2D eigenvalue weighted by Gasteiger charge is -1.94. The summed E-state index contributed by atoms with van der Waals surface area (Å²) in [5, 5.41) is 7.51. The second-order valence-corrected chi connectivity index (χ2v) is 3.37. The molecule has 0 unspecified atom stereocenters. The first-order valence-corrected chi connectivity index (χ1v) is 5.69. The van der Waals surface area contributed by atoms with Gasteiger partial charge in [0, 0.05) is 12.7 Å². The molecule has 1 heterocycles. The Morgan fingerprint density at radius 1 is 1.00 bits per heavy atom. The molecule has 0 fully saturated rings. The van der Waals surface area contributed by atoms with Gasteiger partial charge < -0.3 is 0 Å². The number of unbranched alkanes of at least 4 members (excludes halogenated alkanes) is 3. The molecule has 0 saturated heterocycles. The highest BCUT2D eigenvalue weighted by atomic mass is 15.4. The summed E-state index contributed by atoms with van der Waals surface area (Å²) in [6, 6.07) is 0. The van der Waals surface area contributed by atoms with Crippen molar-refractivity contribution in [2.75, 3.05) is 0 Å². The Labute approximate surface area is 87.5 Å². The number of aromatic nitrogens is 3. The van der Waals surface area contributed by atoms with E-state index in [1.807, 2.05) is 10.9 Å². The van der Waals surface area contributed by atoms with Gasteiger partial charge in [-0.15, -0.1) is 5.10 Å². The molecule has 1 rings (SSSR count). The fraction of sp³-hybridized carbons (Fsp3) is 0.818. The van der Waals surface area contributed by atoms with Crippen LogP contribution in [0.3, 0.4) is 0 Å². The molecular weight excluding hydrogens is 174 g/mol. The lowest BCUT2D eigenvalue weighted by molar-refractivity contribution is 0.553. The van der Waals surface area contributed by atoms with Crippen LogP contribution >= 0.6 is 0 Å². The molecule has 0 atom stereocenters. The summed E-state index contributed by atoms with van der Waals surface area (Å²) < 4.78 is 1.85. The quantitative estimate of drug-likeness (QED) is 0.725. The van der Waals surface area contributed by atoms with E-state index in [-0.39, 0.29) is 0 Å². The molecule has 1 aromatic heterocycles. The van der Waals surface area contributed by atoms with Gasteiger partial charge >= 0.3 is 0 Å². The van der Waals surface area contributed by atoms with Crippen molar-refractivity contribution in [3.05, 3.63) is 12.4 Å². The zero-order valence-electron chi connectivity index (χ0n) is 9.74. The van der Waals surface area contributed by atoms with Crippen molar-refractivity contribution in [2.24, 2.45) is 0 Å². The summed E-state index contributed by atoms with van der Waals surface area (Å²) in [4.78, 5) is 0. The Hall–Kier alpha value is -0.860. The molecule has 14 heavy (non-hydrogen) atoms. The van der Waals surface area contributed by atoms with Gasteiger partial charge in [0.1, 0.15) is 0 Å². The SMILES string of the molecule is CCCCC.CCCCn1ccnn1. The van der Waals surface area contributed by atoms with Crippen LogP contribution in [0.1, 0.15) is 52.9 Å². The third kappa shape index (κ3) is 7.77. The summed E-state index contributed by atoms with van der Waals surface area (Å²) >= 11 is 0. The first-order valence-electron chi connectivity index (χ1n) is 5.69. The molecule has 3 nitrogen and oxygen atoms in total. The van der Waals surface area contributed by atoms with Crippen molar-refractivity contribution in [3.63, 3.8) is 0 Å². The second-order valence-electron chi connectivity index (χ2n) is 3.37. The molecule has 0 N–H and O–H groups in total. The van der Waals surface area contributed by atoms with Crippen LogP contribution in [0.4, 0.5) is 0 Å². The van der Waals surface area contributed by atoms with Crippen LogP contribution in [0.2, 0.25) is 0 Å². The van der Waals surface area contributed by atoms with Gasteiger partial charge in [-0.2, -0.15) is 0 Å². The average molecular weight is 197 g/mol. The Kier molecular flexibility index (Phi) is 9.59. The largest absolute Gasteiger partial charge is 0.253 e. The fourth-order valence-corrected chi connectivity index (χ4v) is 1.03. The van der Waals surface area contributed by atoms with E-state index in [2.05, 4.69) is 31.1 Å². The summed E-state index contributed by atoms with van der Waals surface area (Å²) in [6.45, 7) is 7.58. The maximum absolute atomic E-state index is 3.82. The molecule has 0 aliphatic carbocycles. The molecule has 3 heteroatoms. The number of hydrogen-bond donors (Lipinski definition) is 0. The Balaban J connectivity index is 0.000000292. The summed E-state index contributed by atoms with van der Waals surface area (Å²) in [5.74, 6) is 0. The minimum Gasteiger partial charge on any atom is -0.253 e. The Bertz CT molecular complexity index is 180. The smallest absolute Gasteiger partial charge is 0.0692 e. The average Bonchev–Trinajstić information content (AvgIpc) is 2.69. The number of hydrogen-bond acceptors (Lipinski definition) is 2. The van der Waals surface area contributed by atoms with Crippen LogP contribution in [0.15, 0.2) is 12.4 Å². The van der Waals surface area contributed by atoms with Crippen LogP contribution < -0.4 is 0 Å². The fourth-order valence-electron chi connectivity index (χ4n) is 1.03. The lowest BCUT2D eigenvalue weighted by Crippen LogP contribution is -1.97. The highest BCUT2D eigenvalue weighted by Gasteiger charge is 1.86. The third-order valence-electron chi connectivity index (χ3n) is 1.92. The van der Waals surface area contributed by atoms with Crippen molar-refractivity contribution >= 4 is 0 Å². The molecule has 0 spiro atoms. The zero-order chi connectivity index (χ0) is 10.6. The van der Waals surface area contributed by atoms with Crippen molar-refractivity contribution in [1.29, 1.82) is 0 Å². The van der Waals surface area contributed by atoms with E-state index in [0.717, 1.165) is 6.54 Å². The normalized spacial score (nSPS) is 9.36. The van der Waals surface area contributed by atoms with Gasteiger partial charge in [0.2, 0.25) is 0 Å². The number of rotatable bonds is 5. The monoisotopic (exact) mass is 197 g/mol. The molecular formula is C11H23N3. The highest BCUT2D eigenvalue weighted by Crippen LogP contribution is 1.90. The van der Waals surface area contributed by atoms with Crippen LogP contribution in [-0.2, 0) is 6.54 Å². The van der Waals surface area contributed by atoms with Crippen molar-refractivity contribution in [3.8, 4) is 0 Å². The number of nitrogens with zero attached hydrogens (tertiary/aromatic N) is 3. The molecule has 0 bridgehead atoms. The first-order chi connectivity index (χ1) is 6.85. The highest BCUT2D eigenvalue weighted by molar-refractivity contribution is 4.63. The van der Waals surface area contributed by atoms with Crippen LogP contribution in [0.25, 0.3) is 0 Å². The molecule has 0 aromatic carbocycles. The van der Waals surface area contributed by atoms with Crippen molar-refractivity contribution in [1.82, 2.24) is 15.0 Å². The van der Waals surface area contributed by atoms with Crippen LogP contribution in [0.5, 0.6) is 0 Å².